The quantitative estimate of drug-likeness (QED) is 0.786. The van der Waals surface area contributed by atoms with E-state index in [0.717, 1.165) is 50.4 Å². The fourth-order valence-electron chi connectivity index (χ4n) is 2.57. The fourth-order valence-corrected chi connectivity index (χ4v) is 3.49. The van der Waals surface area contributed by atoms with Crippen LogP contribution in [0.15, 0.2) is 30.3 Å². The van der Waals surface area contributed by atoms with Crippen LogP contribution >= 0.6 is 11.8 Å². The van der Waals surface area contributed by atoms with Gasteiger partial charge in [-0.15, -0.1) is 0 Å². The van der Waals surface area contributed by atoms with Crippen molar-refractivity contribution in [1.29, 1.82) is 0 Å². The second kappa shape index (κ2) is 9.11. The van der Waals surface area contributed by atoms with E-state index in [0.29, 0.717) is 0 Å². The molecule has 1 aromatic carbocycles. The van der Waals surface area contributed by atoms with Gasteiger partial charge < -0.3 is 10.2 Å². The van der Waals surface area contributed by atoms with E-state index in [1.54, 1.807) is 0 Å². The van der Waals surface area contributed by atoms with Crippen LogP contribution in [0, 0.1) is 5.92 Å². The lowest BCUT2D eigenvalue weighted by atomic mass is 9.96. The number of nitrogens with one attached hydrogen (secondary N) is 1. The molecule has 0 bridgehead atoms. The number of rotatable bonds is 7. The van der Waals surface area contributed by atoms with Crippen LogP contribution in [0.4, 0.5) is 0 Å². The molecule has 1 N–H and O–H groups in total. The number of hydrogen-bond acceptors (Lipinski definition) is 3. The predicted molar refractivity (Wildman–Crippen MR) is 90.5 cm³/mol. The van der Waals surface area contributed by atoms with Gasteiger partial charge in [-0.3, -0.25) is 4.79 Å². The van der Waals surface area contributed by atoms with Gasteiger partial charge in [0.15, 0.2) is 0 Å². The zero-order valence-electron chi connectivity index (χ0n) is 12.9. The molecule has 0 spiro atoms. The summed E-state index contributed by atoms with van der Waals surface area (Å²) in [6.07, 6.45) is 3.06. The lowest BCUT2D eigenvalue weighted by molar-refractivity contribution is -0.126. The van der Waals surface area contributed by atoms with Crippen LogP contribution in [-0.4, -0.2) is 43.2 Å². The molecule has 21 heavy (non-hydrogen) atoms. The maximum atomic E-state index is 12.0. The average molecular weight is 306 g/mol. The Bertz CT molecular complexity index is 416. The Balaban J connectivity index is 1.50. The Morgan fingerprint density at radius 3 is 2.71 bits per heavy atom. The van der Waals surface area contributed by atoms with E-state index in [1.165, 1.54) is 5.56 Å². The summed E-state index contributed by atoms with van der Waals surface area (Å²) in [7, 11) is 2.12. The number of carbonyl (C=O) groups is 1. The molecular weight excluding hydrogens is 280 g/mol. The molecule has 0 atom stereocenters. The summed E-state index contributed by atoms with van der Waals surface area (Å²) in [6.45, 7) is 2.91. The molecule has 1 aliphatic rings. The second-order valence-corrected chi connectivity index (χ2v) is 6.87. The molecule has 0 radical (unpaired) electrons. The van der Waals surface area contributed by atoms with Crippen LogP contribution in [0.2, 0.25) is 0 Å². The summed E-state index contributed by atoms with van der Waals surface area (Å²) in [5.41, 5.74) is 1.37. The highest BCUT2D eigenvalue weighted by molar-refractivity contribution is 7.98. The van der Waals surface area contributed by atoms with Crippen molar-refractivity contribution in [3.05, 3.63) is 35.9 Å². The van der Waals surface area contributed by atoms with Crippen molar-refractivity contribution in [3.63, 3.8) is 0 Å². The van der Waals surface area contributed by atoms with Gasteiger partial charge in [0.1, 0.15) is 0 Å². The SMILES string of the molecule is CN1CCC(C(=O)NCCCSCc2ccccc2)CC1. The lowest BCUT2D eigenvalue weighted by Gasteiger charge is -2.28. The Hall–Kier alpha value is -1.00. The first kappa shape index (κ1) is 16.4. The molecule has 1 fully saturated rings. The van der Waals surface area contributed by atoms with E-state index >= 15 is 0 Å². The van der Waals surface area contributed by atoms with Gasteiger partial charge in [0, 0.05) is 18.2 Å². The third kappa shape index (κ3) is 6.10. The van der Waals surface area contributed by atoms with Crippen LogP contribution in [0.3, 0.4) is 0 Å². The molecule has 1 aromatic rings. The summed E-state index contributed by atoms with van der Waals surface area (Å²) in [4.78, 5) is 14.3. The molecule has 1 saturated heterocycles. The first-order valence-corrected chi connectivity index (χ1v) is 8.99. The van der Waals surface area contributed by atoms with Crippen LogP contribution in [0.25, 0.3) is 0 Å². The first-order chi connectivity index (χ1) is 10.3. The fraction of sp³-hybridized carbons (Fsp3) is 0.588. The van der Waals surface area contributed by atoms with Gasteiger partial charge in [-0.05, 0) is 50.7 Å². The van der Waals surface area contributed by atoms with E-state index in [2.05, 4.69) is 41.5 Å². The predicted octanol–water partition coefficient (Wildman–Crippen LogP) is 2.77. The summed E-state index contributed by atoms with van der Waals surface area (Å²) < 4.78 is 0. The highest BCUT2D eigenvalue weighted by Gasteiger charge is 2.22. The monoisotopic (exact) mass is 306 g/mol. The van der Waals surface area contributed by atoms with E-state index in [4.69, 9.17) is 0 Å². The summed E-state index contributed by atoms with van der Waals surface area (Å²) in [6, 6.07) is 10.5. The standard InChI is InChI=1S/C17H26N2OS/c1-19-11-8-16(9-12-19)17(20)18-10-5-13-21-14-15-6-3-2-4-7-15/h2-4,6-7,16H,5,8-14H2,1H3,(H,18,20). The molecule has 1 aliphatic heterocycles. The Morgan fingerprint density at radius 1 is 1.29 bits per heavy atom. The molecule has 1 heterocycles. The second-order valence-electron chi connectivity index (χ2n) is 5.76. The van der Waals surface area contributed by atoms with Gasteiger partial charge >= 0.3 is 0 Å². The third-order valence-corrected chi connectivity index (χ3v) is 5.08. The van der Waals surface area contributed by atoms with Crippen LogP contribution in [0.1, 0.15) is 24.8 Å². The number of carbonyl (C=O) groups excluding carboxylic acids is 1. The smallest absolute Gasteiger partial charge is 0.223 e. The number of hydrogen-bond donors (Lipinski definition) is 1. The minimum Gasteiger partial charge on any atom is -0.356 e. The van der Waals surface area contributed by atoms with Crippen molar-refractivity contribution in [3.8, 4) is 0 Å². The van der Waals surface area contributed by atoms with Gasteiger partial charge in [-0.25, -0.2) is 0 Å². The molecule has 0 aliphatic carbocycles. The molecule has 4 heteroatoms. The number of nitrogens with zero attached hydrogens (tertiary/aromatic N) is 1. The lowest BCUT2D eigenvalue weighted by Crippen LogP contribution is -2.39. The topological polar surface area (TPSA) is 32.3 Å². The van der Waals surface area contributed by atoms with Gasteiger partial charge in [-0.2, -0.15) is 11.8 Å². The summed E-state index contributed by atoms with van der Waals surface area (Å²) >= 11 is 1.94. The molecule has 0 unspecified atom stereocenters. The van der Waals surface area contributed by atoms with Crippen molar-refractivity contribution in [2.45, 2.75) is 25.0 Å². The van der Waals surface area contributed by atoms with Crippen molar-refractivity contribution in [2.24, 2.45) is 5.92 Å². The number of thioether (sulfide) groups is 1. The van der Waals surface area contributed by atoms with Gasteiger partial charge in [0.05, 0.1) is 0 Å². The largest absolute Gasteiger partial charge is 0.356 e. The zero-order chi connectivity index (χ0) is 14.9. The van der Waals surface area contributed by atoms with Crippen molar-refractivity contribution < 1.29 is 4.79 Å². The normalized spacial score (nSPS) is 16.8. The zero-order valence-corrected chi connectivity index (χ0v) is 13.7. The Labute approximate surface area is 132 Å². The molecule has 1 amide bonds. The number of piperidine rings is 1. The Kier molecular flexibility index (Phi) is 7.10. The van der Waals surface area contributed by atoms with E-state index in [9.17, 15) is 4.79 Å². The van der Waals surface area contributed by atoms with Crippen LogP contribution < -0.4 is 5.32 Å². The minimum atomic E-state index is 0.234. The number of amides is 1. The number of likely N-dealkylation sites (tertiary alicyclic amines) is 1. The molecule has 2 rings (SSSR count). The molecule has 0 saturated carbocycles. The summed E-state index contributed by atoms with van der Waals surface area (Å²) in [5, 5.41) is 3.10. The van der Waals surface area contributed by atoms with Gasteiger partial charge in [-0.1, -0.05) is 30.3 Å². The van der Waals surface area contributed by atoms with Gasteiger partial charge in [0.25, 0.3) is 0 Å². The van der Waals surface area contributed by atoms with E-state index in [-0.39, 0.29) is 11.8 Å². The van der Waals surface area contributed by atoms with E-state index in [1.807, 2.05) is 17.8 Å². The molecular formula is C17H26N2OS. The maximum absolute atomic E-state index is 12.0. The van der Waals surface area contributed by atoms with Crippen molar-refractivity contribution in [2.75, 3.05) is 32.4 Å². The third-order valence-electron chi connectivity index (χ3n) is 3.97. The highest BCUT2D eigenvalue weighted by atomic mass is 32.2. The Morgan fingerprint density at radius 2 is 2.00 bits per heavy atom. The van der Waals surface area contributed by atoms with E-state index < -0.39 is 0 Å². The average Bonchev–Trinajstić information content (AvgIpc) is 2.52. The summed E-state index contributed by atoms with van der Waals surface area (Å²) in [5.74, 6) is 2.65. The molecule has 0 aromatic heterocycles. The molecule has 116 valence electrons. The minimum absolute atomic E-state index is 0.234. The van der Waals surface area contributed by atoms with Gasteiger partial charge in [0.2, 0.25) is 5.91 Å². The number of benzene rings is 1. The van der Waals surface area contributed by atoms with Crippen LogP contribution in [-0.2, 0) is 10.5 Å². The molecule has 3 nitrogen and oxygen atoms in total. The maximum Gasteiger partial charge on any atom is 0.223 e. The van der Waals surface area contributed by atoms with Crippen molar-refractivity contribution in [1.82, 2.24) is 10.2 Å². The highest BCUT2D eigenvalue weighted by Crippen LogP contribution is 2.16. The van der Waals surface area contributed by atoms with Crippen molar-refractivity contribution >= 4 is 17.7 Å². The van der Waals surface area contributed by atoms with Crippen LogP contribution in [0.5, 0.6) is 0 Å². The first-order valence-electron chi connectivity index (χ1n) is 7.83.